The van der Waals surface area contributed by atoms with E-state index in [0.717, 1.165) is 66.0 Å². The molecule has 0 aliphatic heterocycles. The average Bonchev–Trinajstić information content (AvgIpc) is 3.20. The van der Waals surface area contributed by atoms with E-state index in [1.54, 1.807) is 0 Å². The SMILES string of the molecule is CCCCOc1ccc(C)cc1-c1ccc(COc2ccc3c(c2)CC[C@@H]3CC(=O)O)cc1. The molecule has 0 radical (unpaired) electrons. The lowest BCUT2D eigenvalue weighted by molar-refractivity contribution is -0.137. The van der Waals surface area contributed by atoms with Crippen LogP contribution in [0.4, 0.5) is 0 Å². The Labute approximate surface area is 196 Å². The van der Waals surface area contributed by atoms with Gasteiger partial charge in [0.2, 0.25) is 0 Å². The van der Waals surface area contributed by atoms with Crippen LogP contribution < -0.4 is 9.47 Å². The van der Waals surface area contributed by atoms with Crippen molar-refractivity contribution in [2.45, 2.75) is 58.5 Å². The molecule has 4 nitrogen and oxygen atoms in total. The first-order chi connectivity index (χ1) is 16.0. The third-order valence-electron chi connectivity index (χ3n) is 6.30. The number of carboxylic acid groups (broad SMARTS) is 1. The van der Waals surface area contributed by atoms with Gasteiger partial charge in [-0.15, -0.1) is 0 Å². The number of carboxylic acids is 1. The van der Waals surface area contributed by atoms with Crippen LogP contribution >= 0.6 is 0 Å². The molecule has 0 unspecified atom stereocenters. The van der Waals surface area contributed by atoms with Gasteiger partial charge in [0, 0.05) is 5.56 Å². The van der Waals surface area contributed by atoms with Gasteiger partial charge in [-0.25, -0.2) is 0 Å². The molecule has 0 bridgehead atoms. The van der Waals surface area contributed by atoms with E-state index >= 15 is 0 Å². The zero-order chi connectivity index (χ0) is 23.2. The Balaban J connectivity index is 1.41. The van der Waals surface area contributed by atoms with Crippen LogP contribution in [0.1, 0.15) is 60.8 Å². The van der Waals surface area contributed by atoms with Crippen LogP contribution in [0.15, 0.2) is 60.7 Å². The number of aliphatic carboxylic acids is 1. The highest BCUT2D eigenvalue weighted by molar-refractivity contribution is 5.71. The predicted molar refractivity (Wildman–Crippen MR) is 131 cm³/mol. The Morgan fingerprint density at radius 1 is 1.03 bits per heavy atom. The number of hydrogen-bond acceptors (Lipinski definition) is 3. The lowest BCUT2D eigenvalue weighted by Crippen LogP contribution is -2.03. The molecule has 0 heterocycles. The minimum atomic E-state index is -0.734. The van der Waals surface area contributed by atoms with Crippen LogP contribution in [0, 0.1) is 6.92 Å². The Hall–Kier alpha value is -3.27. The van der Waals surface area contributed by atoms with E-state index < -0.39 is 5.97 Å². The predicted octanol–water partition coefficient (Wildman–Crippen LogP) is 6.92. The van der Waals surface area contributed by atoms with Crippen molar-refractivity contribution in [3.63, 3.8) is 0 Å². The van der Waals surface area contributed by atoms with Crippen molar-refractivity contribution in [2.24, 2.45) is 0 Å². The molecule has 0 aromatic heterocycles. The van der Waals surface area contributed by atoms with Crippen LogP contribution in [0.25, 0.3) is 11.1 Å². The van der Waals surface area contributed by atoms with Crippen molar-refractivity contribution in [3.8, 4) is 22.6 Å². The van der Waals surface area contributed by atoms with Gasteiger partial charge < -0.3 is 14.6 Å². The van der Waals surface area contributed by atoms with Crippen molar-refractivity contribution < 1.29 is 19.4 Å². The summed E-state index contributed by atoms with van der Waals surface area (Å²) in [6.45, 7) is 5.49. The van der Waals surface area contributed by atoms with Crippen molar-refractivity contribution >= 4 is 5.97 Å². The minimum absolute atomic E-state index is 0.122. The number of carbonyl (C=O) groups is 1. The van der Waals surface area contributed by atoms with E-state index in [1.807, 2.05) is 12.1 Å². The van der Waals surface area contributed by atoms with Gasteiger partial charge >= 0.3 is 5.97 Å². The Kier molecular flexibility index (Phi) is 7.33. The third kappa shape index (κ3) is 5.75. The quantitative estimate of drug-likeness (QED) is 0.345. The fourth-order valence-corrected chi connectivity index (χ4v) is 4.46. The molecular formula is C29H32O4. The summed E-state index contributed by atoms with van der Waals surface area (Å²) < 4.78 is 12.1. The molecule has 3 aromatic carbocycles. The van der Waals surface area contributed by atoms with Gasteiger partial charge in [0.25, 0.3) is 0 Å². The monoisotopic (exact) mass is 444 g/mol. The highest BCUT2D eigenvalue weighted by atomic mass is 16.5. The second kappa shape index (κ2) is 10.6. The molecule has 4 heteroatoms. The largest absolute Gasteiger partial charge is 0.493 e. The molecule has 0 spiro atoms. The lowest BCUT2D eigenvalue weighted by Gasteiger charge is -2.13. The fraction of sp³-hybridized carbons (Fsp3) is 0.345. The fourth-order valence-electron chi connectivity index (χ4n) is 4.46. The van der Waals surface area contributed by atoms with E-state index in [-0.39, 0.29) is 12.3 Å². The molecule has 172 valence electrons. The first-order valence-corrected chi connectivity index (χ1v) is 11.8. The van der Waals surface area contributed by atoms with Crippen LogP contribution in [-0.4, -0.2) is 17.7 Å². The maximum atomic E-state index is 11.1. The normalized spacial score (nSPS) is 14.7. The van der Waals surface area contributed by atoms with Gasteiger partial charge in [0.05, 0.1) is 13.0 Å². The number of unbranched alkanes of at least 4 members (excludes halogenated alkanes) is 1. The molecule has 3 aromatic rings. The maximum Gasteiger partial charge on any atom is 0.303 e. The number of hydrogen-bond donors (Lipinski definition) is 1. The minimum Gasteiger partial charge on any atom is -0.493 e. The van der Waals surface area contributed by atoms with E-state index in [0.29, 0.717) is 6.61 Å². The summed E-state index contributed by atoms with van der Waals surface area (Å²) in [6.07, 6.45) is 4.18. The van der Waals surface area contributed by atoms with Crippen molar-refractivity contribution in [1.29, 1.82) is 0 Å². The summed E-state index contributed by atoms with van der Waals surface area (Å²) in [5.74, 6) is 1.15. The first kappa shape index (κ1) is 22.9. The van der Waals surface area contributed by atoms with Crippen molar-refractivity contribution in [2.75, 3.05) is 6.61 Å². The number of benzene rings is 3. The highest BCUT2D eigenvalue weighted by Gasteiger charge is 2.24. The van der Waals surface area contributed by atoms with Crippen LogP contribution in [0.2, 0.25) is 0 Å². The average molecular weight is 445 g/mol. The van der Waals surface area contributed by atoms with E-state index in [4.69, 9.17) is 14.6 Å². The number of fused-ring (bicyclic) bond motifs is 1. The molecule has 1 aliphatic carbocycles. The molecule has 0 fully saturated rings. The summed E-state index contributed by atoms with van der Waals surface area (Å²) in [6, 6.07) is 20.8. The van der Waals surface area contributed by atoms with Gasteiger partial charge in [-0.2, -0.15) is 0 Å². The molecule has 0 saturated heterocycles. The second-order valence-corrected chi connectivity index (χ2v) is 8.88. The van der Waals surface area contributed by atoms with Gasteiger partial charge in [-0.3, -0.25) is 4.79 Å². The van der Waals surface area contributed by atoms with Gasteiger partial charge in [-0.05, 0) is 78.6 Å². The number of ether oxygens (including phenoxy) is 2. The molecular weight excluding hydrogens is 412 g/mol. The number of rotatable bonds is 10. The van der Waals surface area contributed by atoms with E-state index in [1.165, 1.54) is 11.1 Å². The smallest absolute Gasteiger partial charge is 0.303 e. The Morgan fingerprint density at radius 3 is 2.61 bits per heavy atom. The topological polar surface area (TPSA) is 55.8 Å². The molecule has 33 heavy (non-hydrogen) atoms. The van der Waals surface area contributed by atoms with Crippen LogP contribution in [0.3, 0.4) is 0 Å². The molecule has 0 amide bonds. The Morgan fingerprint density at radius 2 is 1.85 bits per heavy atom. The second-order valence-electron chi connectivity index (χ2n) is 8.88. The van der Waals surface area contributed by atoms with Gasteiger partial charge in [-0.1, -0.05) is 55.3 Å². The summed E-state index contributed by atoms with van der Waals surface area (Å²) in [4.78, 5) is 11.1. The third-order valence-corrected chi connectivity index (χ3v) is 6.30. The number of aryl methyl sites for hydroxylation is 2. The Bertz CT molecular complexity index is 1100. The molecule has 1 atom stereocenters. The van der Waals surface area contributed by atoms with Gasteiger partial charge in [0.15, 0.2) is 0 Å². The first-order valence-electron chi connectivity index (χ1n) is 11.8. The van der Waals surface area contributed by atoms with Crippen molar-refractivity contribution in [1.82, 2.24) is 0 Å². The zero-order valence-electron chi connectivity index (χ0n) is 19.5. The highest BCUT2D eigenvalue weighted by Crippen LogP contribution is 2.37. The molecule has 1 N–H and O–H groups in total. The van der Waals surface area contributed by atoms with Crippen molar-refractivity contribution in [3.05, 3.63) is 82.9 Å². The van der Waals surface area contributed by atoms with E-state index in [9.17, 15) is 4.79 Å². The summed E-state index contributed by atoms with van der Waals surface area (Å²) >= 11 is 0. The summed E-state index contributed by atoms with van der Waals surface area (Å²) in [5, 5.41) is 9.10. The molecule has 4 rings (SSSR count). The lowest BCUT2D eigenvalue weighted by atomic mass is 9.98. The van der Waals surface area contributed by atoms with Crippen LogP contribution in [0.5, 0.6) is 11.5 Å². The standard InChI is InChI=1S/C29H32O4/c1-3-4-15-32-28-14-5-20(2)16-27(28)22-8-6-21(7-9-22)19-33-25-12-13-26-23(17-25)10-11-24(26)18-29(30)31/h5-9,12-14,16-17,24H,3-4,10-11,15,18-19H2,1-2H3,(H,30,31)/t24-/m1/s1. The summed E-state index contributed by atoms with van der Waals surface area (Å²) in [7, 11) is 0. The van der Waals surface area contributed by atoms with Crippen LogP contribution in [-0.2, 0) is 17.8 Å². The van der Waals surface area contributed by atoms with Gasteiger partial charge in [0.1, 0.15) is 18.1 Å². The molecule has 1 aliphatic rings. The summed E-state index contributed by atoms with van der Waals surface area (Å²) in [5.41, 5.74) is 6.93. The van der Waals surface area contributed by atoms with E-state index in [2.05, 4.69) is 62.4 Å². The molecule has 0 saturated carbocycles. The maximum absolute atomic E-state index is 11.1. The zero-order valence-corrected chi connectivity index (χ0v) is 19.5.